The maximum atomic E-state index is 12.9. The number of hydrogen-bond donors (Lipinski definition) is 0. The van der Waals surface area contributed by atoms with E-state index in [4.69, 9.17) is 4.74 Å². The highest BCUT2D eigenvalue weighted by atomic mass is 16.5. The number of imidazole rings is 1. The molecule has 1 amide bonds. The molecule has 6 heteroatoms. The minimum absolute atomic E-state index is 0.151. The highest BCUT2D eigenvalue weighted by Gasteiger charge is 2.35. The summed E-state index contributed by atoms with van der Waals surface area (Å²) in [6, 6.07) is 16.1. The summed E-state index contributed by atoms with van der Waals surface area (Å²) in [5.74, 6) is 1.05. The van der Waals surface area contributed by atoms with Gasteiger partial charge in [0.2, 0.25) is 5.91 Å². The minimum atomic E-state index is -0.151. The number of methoxy groups -OCH3 is 1. The molecule has 6 nitrogen and oxygen atoms in total. The van der Waals surface area contributed by atoms with E-state index in [0.29, 0.717) is 19.5 Å². The maximum Gasteiger partial charge on any atom is 0.224 e. The van der Waals surface area contributed by atoms with Gasteiger partial charge in [0, 0.05) is 44.4 Å². The molecule has 3 aromatic rings. The second-order valence-electron chi connectivity index (χ2n) is 8.16. The lowest BCUT2D eigenvalue weighted by Gasteiger charge is -2.48. The molecule has 0 N–H and O–H groups in total. The molecule has 0 radical (unpaired) electrons. The Bertz CT molecular complexity index is 1010. The third-order valence-corrected chi connectivity index (χ3v) is 5.71. The number of fused-ring (bicyclic) bond motifs is 1. The number of rotatable bonds is 5. The third-order valence-electron chi connectivity index (χ3n) is 5.71. The largest absolute Gasteiger partial charge is 0.497 e. The SMILES string of the molecule is COc1cccc(N2CCN(C(=O)CCn3cnc4ccccc43)CC2(C)C)c1. The lowest BCUT2D eigenvalue weighted by molar-refractivity contribution is -0.132. The van der Waals surface area contributed by atoms with Crippen LogP contribution in [0.3, 0.4) is 0 Å². The number of anilines is 1. The van der Waals surface area contributed by atoms with Crippen molar-refractivity contribution in [3.8, 4) is 5.75 Å². The van der Waals surface area contributed by atoms with Gasteiger partial charge in [-0.1, -0.05) is 18.2 Å². The lowest BCUT2D eigenvalue weighted by Crippen LogP contribution is -2.60. The molecule has 1 saturated heterocycles. The molecule has 29 heavy (non-hydrogen) atoms. The van der Waals surface area contributed by atoms with E-state index in [1.807, 2.05) is 47.6 Å². The van der Waals surface area contributed by atoms with Gasteiger partial charge in [0.15, 0.2) is 0 Å². The van der Waals surface area contributed by atoms with Gasteiger partial charge in [0.25, 0.3) is 0 Å². The van der Waals surface area contributed by atoms with E-state index >= 15 is 0 Å². The molecular weight excluding hydrogens is 364 g/mol. The standard InChI is InChI=1S/C23H28N4O2/c1-23(2)16-25(13-14-27(23)18-7-6-8-19(15-18)29-3)22(28)11-12-26-17-24-20-9-4-5-10-21(20)26/h4-10,15,17H,11-14,16H2,1-3H3. The number of nitrogens with zero attached hydrogens (tertiary/aromatic N) is 4. The summed E-state index contributed by atoms with van der Waals surface area (Å²) in [5, 5.41) is 0. The van der Waals surface area contributed by atoms with Gasteiger partial charge >= 0.3 is 0 Å². The Morgan fingerprint density at radius 3 is 2.76 bits per heavy atom. The fourth-order valence-corrected chi connectivity index (χ4v) is 4.19. The predicted molar refractivity (Wildman–Crippen MR) is 115 cm³/mol. The van der Waals surface area contributed by atoms with Crippen LogP contribution >= 0.6 is 0 Å². The first-order valence-corrected chi connectivity index (χ1v) is 10.1. The summed E-state index contributed by atoms with van der Waals surface area (Å²) in [7, 11) is 1.68. The second-order valence-corrected chi connectivity index (χ2v) is 8.16. The number of amides is 1. The molecule has 1 aliphatic heterocycles. The number of piperazine rings is 1. The summed E-state index contributed by atoms with van der Waals surface area (Å²) in [6.07, 6.45) is 2.30. The van der Waals surface area contributed by atoms with Gasteiger partial charge in [0.05, 0.1) is 30.0 Å². The molecule has 1 aromatic heterocycles. The zero-order valence-electron chi connectivity index (χ0n) is 17.3. The molecule has 0 saturated carbocycles. The van der Waals surface area contributed by atoms with E-state index in [-0.39, 0.29) is 11.4 Å². The van der Waals surface area contributed by atoms with Gasteiger partial charge in [-0.2, -0.15) is 0 Å². The molecule has 2 aromatic carbocycles. The highest BCUT2D eigenvalue weighted by Crippen LogP contribution is 2.30. The molecule has 0 aliphatic carbocycles. The van der Waals surface area contributed by atoms with Crippen LogP contribution in [0.2, 0.25) is 0 Å². The fraction of sp³-hybridized carbons (Fsp3) is 0.391. The predicted octanol–water partition coefficient (Wildman–Crippen LogP) is 3.56. The van der Waals surface area contributed by atoms with E-state index in [1.165, 1.54) is 0 Å². The van der Waals surface area contributed by atoms with Gasteiger partial charge < -0.3 is 19.1 Å². The highest BCUT2D eigenvalue weighted by molar-refractivity contribution is 5.78. The Hall–Kier alpha value is -3.02. The van der Waals surface area contributed by atoms with Crippen LogP contribution in [-0.2, 0) is 11.3 Å². The zero-order chi connectivity index (χ0) is 20.4. The van der Waals surface area contributed by atoms with Gasteiger partial charge in [0.1, 0.15) is 5.75 Å². The molecule has 4 rings (SSSR count). The molecule has 0 spiro atoms. The van der Waals surface area contributed by atoms with Gasteiger partial charge in [-0.15, -0.1) is 0 Å². The number of benzene rings is 2. The number of carbonyl (C=O) groups is 1. The van der Waals surface area contributed by atoms with Crippen molar-refractivity contribution in [2.75, 3.05) is 31.6 Å². The summed E-state index contributed by atoms with van der Waals surface area (Å²) < 4.78 is 7.43. The van der Waals surface area contributed by atoms with Crippen LogP contribution in [0.5, 0.6) is 5.75 Å². The van der Waals surface area contributed by atoms with Crippen LogP contribution in [0.25, 0.3) is 11.0 Å². The number of hydrogen-bond acceptors (Lipinski definition) is 4. The normalized spacial score (nSPS) is 16.2. The quantitative estimate of drug-likeness (QED) is 0.666. The van der Waals surface area contributed by atoms with Crippen LogP contribution in [-0.4, -0.2) is 52.6 Å². The Balaban J connectivity index is 1.41. The number of ether oxygens (including phenoxy) is 1. The van der Waals surface area contributed by atoms with Crippen LogP contribution < -0.4 is 9.64 Å². The maximum absolute atomic E-state index is 12.9. The van der Waals surface area contributed by atoms with Crippen molar-refractivity contribution in [3.63, 3.8) is 0 Å². The van der Waals surface area contributed by atoms with Crippen molar-refractivity contribution in [2.24, 2.45) is 0 Å². The molecule has 1 fully saturated rings. The molecule has 152 valence electrons. The van der Waals surface area contributed by atoms with Crippen LogP contribution in [0.4, 0.5) is 5.69 Å². The molecule has 2 heterocycles. The smallest absolute Gasteiger partial charge is 0.224 e. The van der Waals surface area contributed by atoms with E-state index in [0.717, 1.165) is 35.6 Å². The van der Waals surface area contributed by atoms with Crippen LogP contribution in [0, 0.1) is 0 Å². The number of aryl methyl sites for hydroxylation is 1. The monoisotopic (exact) mass is 392 g/mol. The van der Waals surface area contributed by atoms with Crippen molar-refractivity contribution < 1.29 is 9.53 Å². The van der Waals surface area contributed by atoms with Crippen molar-refractivity contribution in [2.45, 2.75) is 32.4 Å². The first-order chi connectivity index (χ1) is 14.0. The van der Waals surface area contributed by atoms with Gasteiger partial charge in [-0.25, -0.2) is 4.98 Å². The Kier molecular flexibility index (Phi) is 5.18. The number of para-hydroxylation sites is 2. The molecular formula is C23H28N4O2. The van der Waals surface area contributed by atoms with E-state index in [2.05, 4.69) is 40.4 Å². The second kappa shape index (κ2) is 7.78. The first-order valence-electron chi connectivity index (χ1n) is 10.1. The van der Waals surface area contributed by atoms with E-state index < -0.39 is 0 Å². The lowest BCUT2D eigenvalue weighted by atomic mass is 9.97. The molecule has 0 unspecified atom stereocenters. The van der Waals surface area contributed by atoms with Crippen molar-refractivity contribution in [1.82, 2.24) is 14.5 Å². The Morgan fingerprint density at radius 2 is 1.97 bits per heavy atom. The number of carbonyl (C=O) groups excluding carboxylic acids is 1. The summed E-state index contributed by atoms with van der Waals surface area (Å²) in [4.78, 5) is 21.7. The average Bonchev–Trinajstić information content (AvgIpc) is 3.14. The Labute approximate surface area is 171 Å². The average molecular weight is 393 g/mol. The first kappa shape index (κ1) is 19.3. The number of aromatic nitrogens is 2. The third kappa shape index (κ3) is 3.92. The van der Waals surface area contributed by atoms with E-state index in [9.17, 15) is 4.79 Å². The Morgan fingerprint density at radius 1 is 1.14 bits per heavy atom. The van der Waals surface area contributed by atoms with Crippen molar-refractivity contribution in [1.29, 1.82) is 0 Å². The zero-order valence-corrected chi connectivity index (χ0v) is 17.3. The van der Waals surface area contributed by atoms with Crippen LogP contribution in [0.1, 0.15) is 20.3 Å². The molecule has 0 atom stereocenters. The van der Waals surface area contributed by atoms with Crippen molar-refractivity contribution >= 4 is 22.6 Å². The topological polar surface area (TPSA) is 50.6 Å². The summed E-state index contributed by atoms with van der Waals surface area (Å²) in [6.45, 7) is 7.26. The van der Waals surface area contributed by atoms with E-state index in [1.54, 1.807) is 7.11 Å². The van der Waals surface area contributed by atoms with Gasteiger partial charge in [-0.05, 0) is 38.1 Å². The van der Waals surface area contributed by atoms with Crippen molar-refractivity contribution in [3.05, 3.63) is 54.9 Å². The summed E-state index contributed by atoms with van der Waals surface area (Å²) in [5.41, 5.74) is 3.02. The fourth-order valence-electron chi connectivity index (χ4n) is 4.19. The van der Waals surface area contributed by atoms with Crippen LogP contribution in [0.15, 0.2) is 54.9 Å². The van der Waals surface area contributed by atoms with Gasteiger partial charge in [-0.3, -0.25) is 4.79 Å². The minimum Gasteiger partial charge on any atom is -0.497 e. The molecule has 0 bridgehead atoms. The molecule has 1 aliphatic rings. The summed E-state index contributed by atoms with van der Waals surface area (Å²) >= 11 is 0.